The molecule has 0 saturated carbocycles. The number of hydrogen-bond acceptors (Lipinski definition) is 5. The Hall–Kier alpha value is -1.20. The van der Waals surface area contributed by atoms with Crippen LogP contribution in [0.25, 0.3) is 0 Å². The SMILES string of the molecule is COC(=O)C[C@@]1(O)C=CC(=O)C[C@@H]1OC. The number of allylic oxidation sites excluding steroid dienone is 1. The highest BCUT2D eigenvalue weighted by Gasteiger charge is 2.40. The Morgan fingerprint density at radius 1 is 1.67 bits per heavy atom. The molecule has 5 heteroatoms. The van der Waals surface area contributed by atoms with E-state index >= 15 is 0 Å². The first kappa shape index (κ1) is 11.9. The molecule has 0 amide bonds. The maximum absolute atomic E-state index is 11.1. The van der Waals surface area contributed by atoms with Crippen molar-refractivity contribution in [3.05, 3.63) is 12.2 Å². The molecule has 5 nitrogen and oxygen atoms in total. The van der Waals surface area contributed by atoms with Crippen molar-refractivity contribution in [1.82, 2.24) is 0 Å². The molecule has 1 aliphatic carbocycles. The van der Waals surface area contributed by atoms with Gasteiger partial charge in [-0.05, 0) is 12.2 Å². The van der Waals surface area contributed by atoms with Crippen LogP contribution in [0.15, 0.2) is 12.2 Å². The molecule has 1 aliphatic rings. The Kier molecular flexibility index (Phi) is 3.60. The maximum atomic E-state index is 11.1. The van der Waals surface area contributed by atoms with Gasteiger partial charge < -0.3 is 14.6 Å². The summed E-state index contributed by atoms with van der Waals surface area (Å²) in [6.07, 6.45) is 1.71. The van der Waals surface area contributed by atoms with E-state index in [0.717, 1.165) is 0 Å². The third kappa shape index (κ3) is 2.64. The van der Waals surface area contributed by atoms with Gasteiger partial charge in [-0.2, -0.15) is 0 Å². The number of ketones is 1. The van der Waals surface area contributed by atoms with Gasteiger partial charge in [-0.25, -0.2) is 0 Å². The van der Waals surface area contributed by atoms with Crippen LogP contribution in [-0.4, -0.2) is 42.8 Å². The van der Waals surface area contributed by atoms with Gasteiger partial charge in [0, 0.05) is 13.5 Å². The predicted molar refractivity (Wildman–Crippen MR) is 51.1 cm³/mol. The van der Waals surface area contributed by atoms with Gasteiger partial charge in [0.15, 0.2) is 5.78 Å². The molecule has 0 fully saturated rings. The minimum Gasteiger partial charge on any atom is -0.469 e. The number of methoxy groups -OCH3 is 2. The zero-order valence-corrected chi connectivity index (χ0v) is 8.73. The first-order valence-electron chi connectivity index (χ1n) is 4.56. The van der Waals surface area contributed by atoms with Gasteiger partial charge in [-0.1, -0.05) is 0 Å². The fraction of sp³-hybridized carbons (Fsp3) is 0.600. The average Bonchev–Trinajstić information content (AvgIpc) is 2.21. The molecule has 1 N–H and O–H groups in total. The molecule has 2 atom stereocenters. The standard InChI is InChI=1S/C10H14O5/c1-14-8-5-7(11)3-4-10(8,13)6-9(12)15-2/h3-4,8,13H,5-6H2,1-2H3/t8-,10-/m0/s1. The van der Waals surface area contributed by atoms with Crippen molar-refractivity contribution >= 4 is 11.8 Å². The van der Waals surface area contributed by atoms with Gasteiger partial charge in [0.1, 0.15) is 5.60 Å². The first-order chi connectivity index (χ1) is 7.01. The molecule has 84 valence electrons. The highest BCUT2D eigenvalue weighted by Crippen LogP contribution is 2.27. The van der Waals surface area contributed by atoms with Gasteiger partial charge in [0.05, 0.1) is 19.6 Å². The first-order valence-corrected chi connectivity index (χ1v) is 4.56. The van der Waals surface area contributed by atoms with Gasteiger partial charge in [-0.15, -0.1) is 0 Å². The number of rotatable bonds is 3. The van der Waals surface area contributed by atoms with Crippen molar-refractivity contribution in [2.75, 3.05) is 14.2 Å². The zero-order chi connectivity index (χ0) is 11.5. The van der Waals surface area contributed by atoms with E-state index in [4.69, 9.17) is 4.74 Å². The van der Waals surface area contributed by atoms with E-state index in [-0.39, 0.29) is 18.6 Å². The molecule has 0 aliphatic heterocycles. The lowest BCUT2D eigenvalue weighted by Crippen LogP contribution is -2.47. The highest BCUT2D eigenvalue weighted by molar-refractivity contribution is 5.91. The van der Waals surface area contributed by atoms with Crippen LogP contribution in [0.4, 0.5) is 0 Å². The van der Waals surface area contributed by atoms with Crippen LogP contribution in [0.5, 0.6) is 0 Å². The van der Waals surface area contributed by atoms with E-state index in [0.29, 0.717) is 0 Å². The summed E-state index contributed by atoms with van der Waals surface area (Å²) in [5, 5.41) is 10.1. The molecule has 0 spiro atoms. The quantitative estimate of drug-likeness (QED) is 0.660. The highest BCUT2D eigenvalue weighted by atomic mass is 16.5. The van der Waals surface area contributed by atoms with Crippen LogP contribution in [0.3, 0.4) is 0 Å². The van der Waals surface area contributed by atoms with E-state index in [1.54, 1.807) is 0 Å². The average molecular weight is 214 g/mol. The number of carbonyl (C=O) groups excluding carboxylic acids is 2. The zero-order valence-electron chi connectivity index (χ0n) is 8.73. The molecule has 0 unspecified atom stereocenters. The summed E-state index contributed by atoms with van der Waals surface area (Å²) in [6, 6.07) is 0. The number of aliphatic hydroxyl groups is 1. The lowest BCUT2D eigenvalue weighted by molar-refractivity contribution is -0.152. The topological polar surface area (TPSA) is 72.8 Å². The Morgan fingerprint density at radius 3 is 2.87 bits per heavy atom. The molecule has 1 rings (SSSR count). The minimum absolute atomic E-state index is 0.0699. The fourth-order valence-electron chi connectivity index (χ4n) is 1.54. The summed E-state index contributed by atoms with van der Waals surface area (Å²) in [4.78, 5) is 22.2. The number of hydrogen-bond donors (Lipinski definition) is 1. The molecule has 0 aromatic rings. The Morgan fingerprint density at radius 2 is 2.33 bits per heavy atom. The monoisotopic (exact) mass is 214 g/mol. The summed E-state index contributed by atoms with van der Waals surface area (Å²) < 4.78 is 9.46. The van der Waals surface area contributed by atoms with E-state index in [2.05, 4.69) is 4.74 Å². The molecule has 0 aromatic carbocycles. The molecule has 0 radical (unpaired) electrons. The van der Waals surface area contributed by atoms with Gasteiger partial charge in [0.2, 0.25) is 0 Å². The van der Waals surface area contributed by atoms with Crippen LogP contribution < -0.4 is 0 Å². The summed E-state index contributed by atoms with van der Waals surface area (Å²) in [7, 11) is 2.63. The van der Waals surface area contributed by atoms with Gasteiger partial charge >= 0.3 is 5.97 Å². The van der Waals surface area contributed by atoms with E-state index < -0.39 is 17.7 Å². The van der Waals surface area contributed by atoms with Crippen molar-refractivity contribution in [1.29, 1.82) is 0 Å². The summed E-state index contributed by atoms with van der Waals surface area (Å²) >= 11 is 0. The van der Waals surface area contributed by atoms with Crippen molar-refractivity contribution in [3.63, 3.8) is 0 Å². The smallest absolute Gasteiger partial charge is 0.308 e. The Labute approximate surface area is 87.7 Å². The lowest BCUT2D eigenvalue weighted by Gasteiger charge is -2.33. The minimum atomic E-state index is -1.45. The summed E-state index contributed by atoms with van der Waals surface area (Å²) in [5.41, 5.74) is -1.45. The van der Waals surface area contributed by atoms with E-state index in [9.17, 15) is 14.7 Å². The van der Waals surface area contributed by atoms with Crippen LogP contribution in [-0.2, 0) is 19.1 Å². The second-order valence-corrected chi connectivity index (χ2v) is 3.47. The molecule has 0 saturated heterocycles. The van der Waals surface area contributed by atoms with Crippen molar-refractivity contribution in [2.24, 2.45) is 0 Å². The Bertz CT molecular complexity index is 296. The number of ether oxygens (including phenoxy) is 2. The Balaban J connectivity index is 2.83. The second kappa shape index (κ2) is 4.55. The normalized spacial score (nSPS) is 30.3. The van der Waals surface area contributed by atoms with E-state index in [1.165, 1.54) is 26.4 Å². The molecule has 15 heavy (non-hydrogen) atoms. The largest absolute Gasteiger partial charge is 0.469 e. The molecule has 0 aromatic heterocycles. The maximum Gasteiger partial charge on any atom is 0.308 e. The van der Waals surface area contributed by atoms with Crippen LogP contribution >= 0.6 is 0 Å². The third-order valence-corrected chi connectivity index (χ3v) is 2.44. The van der Waals surface area contributed by atoms with Crippen LogP contribution in [0, 0.1) is 0 Å². The summed E-state index contributed by atoms with van der Waals surface area (Å²) in [5.74, 6) is -0.671. The van der Waals surface area contributed by atoms with Gasteiger partial charge in [0.25, 0.3) is 0 Å². The lowest BCUT2D eigenvalue weighted by atomic mass is 9.84. The van der Waals surface area contributed by atoms with Crippen molar-refractivity contribution < 1.29 is 24.2 Å². The second-order valence-electron chi connectivity index (χ2n) is 3.47. The van der Waals surface area contributed by atoms with Crippen LogP contribution in [0.1, 0.15) is 12.8 Å². The molecule has 0 heterocycles. The molecular weight excluding hydrogens is 200 g/mol. The third-order valence-electron chi connectivity index (χ3n) is 2.44. The van der Waals surface area contributed by atoms with Crippen LogP contribution in [0.2, 0.25) is 0 Å². The number of esters is 1. The van der Waals surface area contributed by atoms with Crippen molar-refractivity contribution in [2.45, 2.75) is 24.5 Å². The van der Waals surface area contributed by atoms with Gasteiger partial charge in [-0.3, -0.25) is 9.59 Å². The predicted octanol–water partition coefficient (Wildman–Crippen LogP) is -0.175. The fourth-order valence-corrected chi connectivity index (χ4v) is 1.54. The molecule has 0 bridgehead atoms. The van der Waals surface area contributed by atoms with Crippen molar-refractivity contribution in [3.8, 4) is 0 Å². The summed E-state index contributed by atoms with van der Waals surface area (Å²) in [6.45, 7) is 0. The van der Waals surface area contributed by atoms with E-state index in [1.807, 2.05) is 0 Å². The molecular formula is C10H14O5. The number of carbonyl (C=O) groups is 2.